The van der Waals surface area contributed by atoms with Gasteiger partial charge in [0.25, 0.3) is 0 Å². The van der Waals surface area contributed by atoms with Crippen molar-refractivity contribution in [3.05, 3.63) is 65.0 Å². The molecular weight excluding hydrogens is 379 g/mol. The van der Waals surface area contributed by atoms with Crippen molar-refractivity contribution in [3.63, 3.8) is 0 Å². The highest BCUT2D eigenvalue weighted by molar-refractivity contribution is 5.88. The monoisotopic (exact) mass is 404 g/mol. The van der Waals surface area contributed by atoms with Gasteiger partial charge in [0.2, 0.25) is 5.91 Å². The molecule has 6 heteroatoms. The fraction of sp³-hybridized carbons (Fsp3) is 0.409. The molecule has 1 fully saturated rings. The summed E-state index contributed by atoms with van der Waals surface area (Å²) >= 11 is 0. The average molecular weight is 405 g/mol. The topological polar surface area (TPSA) is 64.3 Å². The number of halogens is 2. The summed E-state index contributed by atoms with van der Waals surface area (Å²) in [6.45, 7) is 1.00. The zero-order chi connectivity index (χ0) is 18.9. The van der Waals surface area contributed by atoms with Crippen molar-refractivity contribution in [2.24, 2.45) is 0 Å². The number of fused-ring (bicyclic) bond motifs is 1. The molecule has 0 spiro atoms. The van der Waals surface area contributed by atoms with Crippen molar-refractivity contribution in [2.75, 3.05) is 18.9 Å². The van der Waals surface area contributed by atoms with Crippen molar-refractivity contribution in [1.82, 2.24) is 5.32 Å². The van der Waals surface area contributed by atoms with Gasteiger partial charge in [-0.3, -0.25) is 4.79 Å². The normalized spacial score (nSPS) is 20.5. The van der Waals surface area contributed by atoms with Gasteiger partial charge in [0.1, 0.15) is 5.82 Å². The summed E-state index contributed by atoms with van der Waals surface area (Å²) in [6.07, 6.45) is 4.01. The molecule has 1 aliphatic heterocycles. The van der Waals surface area contributed by atoms with Crippen molar-refractivity contribution in [2.45, 2.75) is 43.6 Å². The SMILES string of the molecule is Cl.Nc1ccc2c(c1)CCCC2NC(=O)C1(c2cccc(F)c2)CCOCC1. The lowest BCUT2D eigenvalue weighted by atomic mass is 9.73. The van der Waals surface area contributed by atoms with Crippen LogP contribution in [0.1, 0.15) is 48.4 Å². The highest BCUT2D eigenvalue weighted by Crippen LogP contribution is 2.38. The predicted octanol–water partition coefficient (Wildman–Crippen LogP) is 4.07. The zero-order valence-electron chi connectivity index (χ0n) is 15.7. The van der Waals surface area contributed by atoms with Gasteiger partial charge < -0.3 is 15.8 Å². The fourth-order valence-corrected chi connectivity index (χ4v) is 4.43. The first-order valence-corrected chi connectivity index (χ1v) is 9.61. The summed E-state index contributed by atoms with van der Waals surface area (Å²) < 4.78 is 19.4. The van der Waals surface area contributed by atoms with Crippen LogP contribution in [-0.4, -0.2) is 19.1 Å². The number of nitrogens with two attached hydrogens (primary N) is 1. The van der Waals surface area contributed by atoms with Gasteiger partial charge in [0, 0.05) is 18.9 Å². The maximum Gasteiger partial charge on any atom is 0.231 e. The maximum absolute atomic E-state index is 13.9. The van der Waals surface area contributed by atoms with E-state index >= 15 is 0 Å². The Morgan fingerprint density at radius 2 is 1.96 bits per heavy atom. The summed E-state index contributed by atoms with van der Waals surface area (Å²) in [4.78, 5) is 13.5. The first-order valence-electron chi connectivity index (χ1n) is 9.61. The lowest BCUT2D eigenvalue weighted by Crippen LogP contribution is -2.49. The molecular formula is C22H26ClFN2O2. The summed E-state index contributed by atoms with van der Waals surface area (Å²) in [5.74, 6) is -0.351. The van der Waals surface area contributed by atoms with E-state index in [0.717, 1.165) is 36.1 Å². The Hall–Kier alpha value is -2.11. The number of aryl methyl sites for hydroxylation is 1. The third-order valence-electron chi connectivity index (χ3n) is 5.94. The quantitative estimate of drug-likeness (QED) is 0.758. The van der Waals surface area contributed by atoms with Crippen LogP contribution in [0.15, 0.2) is 42.5 Å². The third-order valence-corrected chi connectivity index (χ3v) is 5.94. The van der Waals surface area contributed by atoms with Crippen LogP contribution in [0.25, 0.3) is 0 Å². The van der Waals surface area contributed by atoms with Crippen LogP contribution < -0.4 is 11.1 Å². The second kappa shape index (κ2) is 8.50. The van der Waals surface area contributed by atoms with E-state index in [0.29, 0.717) is 26.1 Å². The Morgan fingerprint density at radius 3 is 2.71 bits per heavy atom. The molecule has 1 heterocycles. The molecule has 0 bridgehead atoms. The van der Waals surface area contributed by atoms with Gasteiger partial charge >= 0.3 is 0 Å². The summed E-state index contributed by atoms with van der Waals surface area (Å²) in [7, 11) is 0. The highest BCUT2D eigenvalue weighted by Gasteiger charge is 2.43. The number of benzene rings is 2. The molecule has 1 aliphatic carbocycles. The van der Waals surface area contributed by atoms with Gasteiger partial charge in [0.15, 0.2) is 0 Å². The van der Waals surface area contributed by atoms with Crippen LogP contribution in [0.4, 0.5) is 10.1 Å². The highest BCUT2D eigenvalue weighted by atomic mass is 35.5. The molecule has 0 radical (unpaired) electrons. The number of hydrogen-bond donors (Lipinski definition) is 2. The van der Waals surface area contributed by atoms with Crippen LogP contribution in [0, 0.1) is 5.82 Å². The smallest absolute Gasteiger partial charge is 0.231 e. The molecule has 1 unspecified atom stereocenters. The van der Waals surface area contributed by atoms with Gasteiger partial charge in [-0.1, -0.05) is 18.2 Å². The third kappa shape index (κ3) is 3.87. The van der Waals surface area contributed by atoms with Crippen LogP contribution in [0.2, 0.25) is 0 Å². The van der Waals surface area contributed by atoms with Gasteiger partial charge in [0.05, 0.1) is 11.5 Å². The van der Waals surface area contributed by atoms with E-state index < -0.39 is 5.41 Å². The number of carbonyl (C=O) groups is 1. The van der Waals surface area contributed by atoms with Crippen LogP contribution in [0.3, 0.4) is 0 Å². The molecule has 150 valence electrons. The van der Waals surface area contributed by atoms with Gasteiger partial charge in [-0.2, -0.15) is 0 Å². The molecule has 0 saturated carbocycles. The first kappa shape index (κ1) is 20.6. The van der Waals surface area contributed by atoms with E-state index in [1.807, 2.05) is 24.3 Å². The number of nitrogen functional groups attached to an aromatic ring is 1. The standard InChI is InChI=1S/C22H25FN2O2.ClH/c23-17-5-2-4-16(14-17)22(9-11-27-12-10-22)21(26)25-20-6-1-3-15-13-18(24)7-8-19(15)20;/h2,4-5,7-8,13-14,20H,1,3,6,9-12,24H2,(H,25,26);1H. The zero-order valence-corrected chi connectivity index (χ0v) is 16.6. The molecule has 2 aromatic rings. The molecule has 1 amide bonds. The van der Waals surface area contributed by atoms with Crippen LogP contribution in [0.5, 0.6) is 0 Å². The largest absolute Gasteiger partial charge is 0.399 e. The van der Waals surface area contributed by atoms with Gasteiger partial charge in [-0.15, -0.1) is 12.4 Å². The number of anilines is 1. The minimum Gasteiger partial charge on any atom is -0.399 e. The molecule has 4 rings (SSSR count). The summed E-state index contributed by atoms with van der Waals surface area (Å²) in [6, 6.07) is 12.3. The summed E-state index contributed by atoms with van der Waals surface area (Å²) in [5, 5.41) is 3.27. The van der Waals surface area contributed by atoms with Crippen molar-refractivity contribution in [1.29, 1.82) is 0 Å². The lowest BCUT2D eigenvalue weighted by molar-refractivity contribution is -0.131. The fourth-order valence-electron chi connectivity index (χ4n) is 4.43. The molecule has 2 aliphatic rings. The number of hydrogen-bond acceptors (Lipinski definition) is 3. The average Bonchev–Trinajstić information content (AvgIpc) is 2.68. The minimum absolute atomic E-state index is 0. The van der Waals surface area contributed by atoms with Crippen molar-refractivity contribution in [3.8, 4) is 0 Å². The molecule has 1 atom stereocenters. The molecule has 4 nitrogen and oxygen atoms in total. The van der Waals surface area contributed by atoms with Gasteiger partial charge in [-0.05, 0) is 73.1 Å². The van der Waals surface area contributed by atoms with E-state index in [2.05, 4.69) is 5.32 Å². The van der Waals surface area contributed by atoms with Crippen LogP contribution >= 0.6 is 12.4 Å². The van der Waals surface area contributed by atoms with Crippen LogP contribution in [-0.2, 0) is 21.4 Å². The molecule has 1 saturated heterocycles. The Bertz CT molecular complexity index is 852. The van der Waals surface area contributed by atoms with E-state index in [-0.39, 0.29) is 30.2 Å². The number of carbonyl (C=O) groups excluding carboxylic acids is 1. The van der Waals surface area contributed by atoms with E-state index in [1.165, 1.54) is 17.7 Å². The Morgan fingerprint density at radius 1 is 1.18 bits per heavy atom. The maximum atomic E-state index is 13.9. The number of rotatable bonds is 3. The molecule has 2 aromatic carbocycles. The number of ether oxygens (including phenoxy) is 1. The Labute approximate surface area is 171 Å². The van der Waals surface area contributed by atoms with E-state index in [9.17, 15) is 9.18 Å². The second-order valence-corrected chi connectivity index (χ2v) is 7.58. The Kier molecular flexibility index (Phi) is 6.26. The lowest BCUT2D eigenvalue weighted by Gasteiger charge is -2.38. The first-order chi connectivity index (χ1) is 13.1. The number of nitrogens with one attached hydrogen (secondary N) is 1. The minimum atomic E-state index is -0.744. The Balaban J connectivity index is 0.00000225. The second-order valence-electron chi connectivity index (χ2n) is 7.58. The molecule has 3 N–H and O–H groups in total. The number of amides is 1. The predicted molar refractivity (Wildman–Crippen MR) is 110 cm³/mol. The van der Waals surface area contributed by atoms with Crippen molar-refractivity contribution < 1.29 is 13.9 Å². The van der Waals surface area contributed by atoms with Gasteiger partial charge in [-0.25, -0.2) is 4.39 Å². The molecule has 0 aromatic heterocycles. The van der Waals surface area contributed by atoms with E-state index in [4.69, 9.17) is 10.5 Å². The van der Waals surface area contributed by atoms with E-state index in [1.54, 1.807) is 6.07 Å². The summed E-state index contributed by atoms with van der Waals surface area (Å²) in [5.41, 5.74) is 9.01. The van der Waals surface area contributed by atoms with Crippen molar-refractivity contribution >= 4 is 24.0 Å². The molecule has 28 heavy (non-hydrogen) atoms.